The van der Waals surface area contributed by atoms with Gasteiger partial charge in [0.15, 0.2) is 0 Å². The van der Waals surface area contributed by atoms with Crippen LogP contribution in [-0.2, 0) is 23.9 Å². The van der Waals surface area contributed by atoms with Gasteiger partial charge in [-0.25, -0.2) is 0 Å². The Kier molecular flexibility index (Phi) is 11.9. The summed E-state index contributed by atoms with van der Waals surface area (Å²) in [5.74, 6) is 0.440. The van der Waals surface area contributed by atoms with E-state index in [0.29, 0.717) is 51.4 Å². The molecule has 7 nitrogen and oxygen atoms in total. The van der Waals surface area contributed by atoms with E-state index in [0.717, 1.165) is 25.7 Å². The number of hydrogen-bond donors (Lipinski definition) is 2. The van der Waals surface area contributed by atoms with Crippen LogP contribution in [0.3, 0.4) is 0 Å². The first-order valence-electron chi connectivity index (χ1n) is 10.2. The van der Waals surface area contributed by atoms with Gasteiger partial charge in [-0.1, -0.05) is 6.92 Å². The maximum Gasteiger partial charge on any atom is 0.222 e. The van der Waals surface area contributed by atoms with Gasteiger partial charge in [-0.2, -0.15) is 0 Å². The number of Topliss-reactive ketones (excluding diaryl/α,β-unsaturated/α-hetero) is 1. The van der Waals surface area contributed by atoms with Crippen LogP contribution in [0, 0.1) is 5.92 Å². The molecule has 0 aromatic heterocycles. The maximum atomic E-state index is 12.0. The maximum absolute atomic E-state index is 12.0. The molecule has 0 aliphatic heterocycles. The monoisotopic (exact) mass is 388 g/mol. The van der Waals surface area contributed by atoms with Crippen molar-refractivity contribution >= 4 is 17.6 Å². The second-order valence-electron chi connectivity index (χ2n) is 7.32. The van der Waals surface area contributed by atoms with E-state index in [2.05, 4.69) is 10.6 Å². The van der Waals surface area contributed by atoms with Crippen LogP contribution in [0.25, 0.3) is 0 Å². The van der Waals surface area contributed by atoms with Gasteiger partial charge in [-0.3, -0.25) is 14.4 Å². The summed E-state index contributed by atoms with van der Waals surface area (Å²) >= 11 is 0. The minimum atomic E-state index is -0.0610. The van der Waals surface area contributed by atoms with Gasteiger partial charge in [0.2, 0.25) is 11.8 Å². The molecule has 160 valence electrons. The Morgan fingerprint density at radius 3 is 2.30 bits per heavy atom. The van der Waals surface area contributed by atoms with Crippen molar-refractivity contribution in [1.82, 2.24) is 10.6 Å². The van der Waals surface area contributed by atoms with Crippen LogP contribution in [0.2, 0.25) is 0 Å². The fourth-order valence-electron chi connectivity index (χ4n) is 3.15. The molecule has 2 amide bonds. The third-order valence-corrected chi connectivity index (χ3v) is 4.72. The molecule has 0 atom stereocenters. The zero-order chi connectivity index (χ0) is 20.1. The van der Waals surface area contributed by atoms with E-state index in [-0.39, 0.29) is 32.7 Å². The molecular formula is C20H40N2O5. The molecule has 0 aromatic carbocycles. The molecule has 1 rings (SSSR count). The highest BCUT2D eigenvalue weighted by Crippen LogP contribution is 2.25. The summed E-state index contributed by atoms with van der Waals surface area (Å²) in [6.45, 7) is 7.33. The molecule has 1 aliphatic carbocycles. The minimum absolute atomic E-state index is 0. The van der Waals surface area contributed by atoms with E-state index in [1.165, 1.54) is 0 Å². The Hall–Kier alpha value is -1.47. The lowest BCUT2D eigenvalue weighted by Crippen LogP contribution is -2.39. The number of carbonyl (C=O) groups excluding carboxylic acids is 3. The highest BCUT2D eigenvalue weighted by molar-refractivity contribution is 5.81. The van der Waals surface area contributed by atoms with Gasteiger partial charge < -0.3 is 20.1 Å². The normalized spacial score (nSPS) is 19.7. The molecule has 0 unspecified atom stereocenters. The van der Waals surface area contributed by atoms with Crippen molar-refractivity contribution in [3.05, 3.63) is 0 Å². The van der Waals surface area contributed by atoms with Crippen molar-refractivity contribution in [2.75, 3.05) is 26.4 Å². The van der Waals surface area contributed by atoms with Crippen LogP contribution in [0.4, 0.5) is 0 Å². The lowest BCUT2D eigenvalue weighted by Gasteiger charge is -2.28. The molecule has 0 spiro atoms. The Morgan fingerprint density at radius 1 is 1.00 bits per heavy atom. The summed E-state index contributed by atoms with van der Waals surface area (Å²) in [6.07, 6.45) is 4.86. The summed E-state index contributed by atoms with van der Waals surface area (Å²) < 4.78 is 10.7. The highest BCUT2D eigenvalue weighted by atomic mass is 16.5. The summed E-state index contributed by atoms with van der Waals surface area (Å²) in [5, 5.41) is 5.78. The van der Waals surface area contributed by atoms with E-state index >= 15 is 0 Å². The van der Waals surface area contributed by atoms with E-state index in [4.69, 9.17) is 9.47 Å². The van der Waals surface area contributed by atoms with E-state index in [9.17, 15) is 14.4 Å². The van der Waals surface area contributed by atoms with Crippen LogP contribution in [0.1, 0.15) is 68.6 Å². The first-order valence-corrected chi connectivity index (χ1v) is 10.2. The third-order valence-electron chi connectivity index (χ3n) is 4.72. The number of nitrogens with one attached hydrogen (secondary N) is 2. The van der Waals surface area contributed by atoms with Crippen molar-refractivity contribution in [3.8, 4) is 0 Å². The van der Waals surface area contributed by atoms with Gasteiger partial charge in [0.1, 0.15) is 5.78 Å². The lowest BCUT2D eigenvalue weighted by atomic mass is 9.83. The predicted molar refractivity (Wildman–Crippen MR) is 108 cm³/mol. The molecule has 2 N–H and O–H groups in total. The molecule has 0 heterocycles. The Labute approximate surface area is 165 Å². The lowest BCUT2D eigenvalue weighted by molar-refractivity contribution is -0.125. The first kappa shape index (κ1) is 23.6. The topological polar surface area (TPSA) is 93.7 Å². The molecular weight excluding hydrogens is 348 g/mol. The van der Waals surface area contributed by atoms with Gasteiger partial charge in [0, 0.05) is 40.6 Å². The van der Waals surface area contributed by atoms with Crippen molar-refractivity contribution in [3.63, 3.8) is 0 Å². The average Bonchev–Trinajstić information content (AvgIpc) is 2.64. The van der Waals surface area contributed by atoms with Gasteiger partial charge >= 0.3 is 0 Å². The van der Waals surface area contributed by atoms with Crippen LogP contribution in [-0.4, -0.2) is 56.1 Å². The molecule has 0 aromatic rings. The van der Waals surface area contributed by atoms with E-state index < -0.39 is 0 Å². The smallest absolute Gasteiger partial charge is 0.222 e. The van der Waals surface area contributed by atoms with Crippen LogP contribution in [0.5, 0.6) is 0 Å². The number of rotatable bonds is 13. The Balaban J connectivity index is 0. The Bertz CT molecular complexity index is 470. The van der Waals surface area contributed by atoms with E-state index in [1.54, 1.807) is 0 Å². The summed E-state index contributed by atoms with van der Waals surface area (Å²) in [5.41, 5.74) is 0. The van der Waals surface area contributed by atoms with Gasteiger partial charge in [-0.05, 0) is 39.5 Å². The summed E-state index contributed by atoms with van der Waals surface area (Å²) in [6, 6.07) is 0.172. The molecule has 1 fully saturated rings. The standard InChI is InChI=1S/C20H36N2O5.2H2/c1-4-18(23)16-5-7-17(8-6-16)22-20(25)9-12-26-14-11-21-19(24)10-13-27-15(2)3;;/h15-17H,4-14H2,1-3H3,(H,21,24)(H,22,25);2*1H. The van der Waals surface area contributed by atoms with Crippen LogP contribution < -0.4 is 10.6 Å². The second-order valence-corrected chi connectivity index (χ2v) is 7.32. The highest BCUT2D eigenvalue weighted by Gasteiger charge is 2.25. The van der Waals surface area contributed by atoms with Gasteiger partial charge in [-0.15, -0.1) is 0 Å². The van der Waals surface area contributed by atoms with Gasteiger partial charge in [0.05, 0.1) is 25.9 Å². The number of ether oxygens (including phenoxy) is 2. The van der Waals surface area contributed by atoms with E-state index in [1.807, 2.05) is 20.8 Å². The van der Waals surface area contributed by atoms with Crippen molar-refractivity contribution in [2.24, 2.45) is 5.92 Å². The van der Waals surface area contributed by atoms with Crippen molar-refractivity contribution in [1.29, 1.82) is 0 Å². The number of carbonyl (C=O) groups is 3. The first-order chi connectivity index (χ1) is 12.9. The summed E-state index contributed by atoms with van der Waals surface area (Å²) in [4.78, 5) is 35.2. The van der Waals surface area contributed by atoms with Crippen LogP contribution in [0.15, 0.2) is 0 Å². The number of ketones is 1. The molecule has 7 heteroatoms. The Morgan fingerprint density at radius 2 is 1.67 bits per heavy atom. The molecule has 0 saturated heterocycles. The van der Waals surface area contributed by atoms with Crippen LogP contribution >= 0.6 is 0 Å². The zero-order valence-corrected chi connectivity index (χ0v) is 17.1. The number of hydrogen-bond acceptors (Lipinski definition) is 5. The largest absolute Gasteiger partial charge is 0.379 e. The summed E-state index contributed by atoms with van der Waals surface area (Å²) in [7, 11) is 0. The number of amides is 2. The molecule has 0 bridgehead atoms. The predicted octanol–water partition coefficient (Wildman–Crippen LogP) is 2.47. The molecule has 1 aliphatic rings. The second kappa shape index (κ2) is 13.7. The fourth-order valence-corrected chi connectivity index (χ4v) is 3.15. The molecule has 1 saturated carbocycles. The SMILES string of the molecule is CCC(=O)C1CCC(NC(=O)CCOCCNC(=O)CCOC(C)C)CC1.[HH].[HH]. The van der Waals surface area contributed by atoms with Gasteiger partial charge in [0.25, 0.3) is 0 Å². The third kappa shape index (κ3) is 11.1. The molecule has 27 heavy (non-hydrogen) atoms. The van der Waals surface area contributed by atoms with Crippen molar-refractivity contribution < 1.29 is 26.7 Å². The van der Waals surface area contributed by atoms with Crippen molar-refractivity contribution in [2.45, 2.75) is 77.9 Å². The quantitative estimate of drug-likeness (QED) is 0.473. The minimum Gasteiger partial charge on any atom is -0.379 e. The zero-order valence-electron chi connectivity index (χ0n) is 17.1. The molecule has 0 radical (unpaired) electrons. The average molecular weight is 389 g/mol. The fraction of sp³-hybridized carbons (Fsp3) is 0.850.